The van der Waals surface area contributed by atoms with E-state index in [0.717, 1.165) is 12.6 Å². The number of hydrogen-bond donors (Lipinski definition) is 1. The van der Waals surface area contributed by atoms with Crippen LogP contribution in [-0.4, -0.2) is 36.6 Å². The Morgan fingerprint density at radius 2 is 2.23 bits per heavy atom. The quantitative estimate of drug-likeness (QED) is 0.646. The van der Waals surface area contributed by atoms with Crippen molar-refractivity contribution in [3.63, 3.8) is 0 Å². The van der Waals surface area contributed by atoms with E-state index in [2.05, 4.69) is 16.3 Å². The molecule has 0 radical (unpaired) electrons. The van der Waals surface area contributed by atoms with E-state index in [0.29, 0.717) is 12.5 Å². The van der Waals surface area contributed by atoms with Crippen LogP contribution in [0, 0.1) is 11.3 Å². The molecule has 1 atom stereocenters. The van der Waals surface area contributed by atoms with Gasteiger partial charge in [-0.25, -0.2) is 0 Å². The largest absolute Gasteiger partial charge is 0.312 e. The lowest BCUT2D eigenvalue weighted by Crippen LogP contribution is -2.33. The maximum Gasteiger partial charge on any atom is 0.0635 e. The van der Waals surface area contributed by atoms with Crippen LogP contribution in [0.5, 0.6) is 0 Å². The Bertz CT molecular complexity index is 205. The molecule has 1 aliphatic carbocycles. The van der Waals surface area contributed by atoms with Gasteiger partial charge < -0.3 is 5.32 Å². The van der Waals surface area contributed by atoms with Gasteiger partial charge in [-0.3, -0.25) is 4.90 Å². The number of nitrogens with one attached hydrogen (secondary N) is 1. The van der Waals surface area contributed by atoms with Gasteiger partial charge in [0.15, 0.2) is 0 Å². The summed E-state index contributed by atoms with van der Waals surface area (Å²) >= 11 is 0. The Morgan fingerprint density at radius 3 is 2.92 bits per heavy atom. The highest BCUT2D eigenvalue weighted by Gasteiger charge is 2.33. The fraction of sp³-hybridized carbons (Fsp3) is 0.900. The smallest absolute Gasteiger partial charge is 0.0635 e. The fourth-order valence-corrected chi connectivity index (χ4v) is 2.06. The average molecular weight is 179 g/mol. The van der Waals surface area contributed by atoms with E-state index < -0.39 is 0 Å². The lowest BCUT2D eigenvalue weighted by molar-refractivity contribution is 0.318. The molecule has 2 rings (SSSR count). The van der Waals surface area contributed by atoms with Gasteiger partial charge in [0.25, 0.3) is 0 Å². The van der Waals surface area contributed by atoms with Gasteiger partial charge in [0, 0.05) is 38.1 Å². The molecule has 2 fully saturated rings. The molecule has 1 N–H and O–H groups in total. The molecule has 3 heteroatoms. The molecule has 0 aromatic carbocycles. The van der Waals surface area contributed by atoms with Gasteiger partial charge in [-0.2, -0.15) is 5.26 Å². The SMILES string of the molecule is N#CCCNC1CCN(C2CC2)C1. The van der Waals surface area contributed by atoms with Crippen molar-refractivity contribution < 1.29 is 0 Å². The Kier molecular flexibility index (Phi) is 2.82. The van der Waals surface area contributed by atoms with Crippen molar-refractivity contribution in [1.82, 2.24) is 10.2 Å². The predicted molar refractivity (Wildman–Crippen MR) is 51.2 cm³/mol. The van der Waals surface area contributed by atoms with Crippen LogP contribution in [0.2, 0.25) is 0 Å². The van der Waals surface area contributed by atoms with Crippen molar-refractivity contribution in [2.24, 2.45) is 0 Å². The predicted octanol–water partition coefficient (Wildman–Crippen LogP) is 0.726. The summed E-state index contributed by atoms with van der Waals surface area (Å²) in [6.45, 7) is 3.32. The molecule has 13 heavy (non-hydrogen) atoms. The summed E-state index contributed by atoms with van der Waals surface area (Å²) in [5, 5.41) is 11.8. The first-order valence-electron chi connectivity index (χ1n) is 5.24. The van der Waals surface area contributed by atoms with Gasteiger partial charge in [0.05, 0.1) is 6.07 Å². The van der Waals surface area contributed by atoms with E-state index in [-0.39, 0.29) is 0 Å². The summed E-state index contributed by atoms with van der Waals surface area (Å²) in [6, 6.07) is 3.71. The molecule has 3 nitrogen and oxygen atoms in total. The standard InChI is InChI=1S/C10H17N3/c11-5-1-6-12-9-4-7-13(8-9)10-2-3-10/h9-10,12H,1-4,6-8H2. The molecule has 0 spiro atoms. The van der Waals surface area contributed by atoms with Crippen LogP contribution in [0.3, 0.4) is 0 Å². The highest BCUT2D eigenvalue weighted by atomic mass is 15.2. The minimum atomic E-state index is 0.639. The second-order valence-corrected chi connectivity index (χ2v) is 4.07. The molecule has 0 aromatic heterocycles. The first kappa shape index (κ1) is 8.98. The van der Waals surface area contributed by atoms with E-state index >= 15 is 0 Å². The molecular weight excluding hydrogens is 162 g/mol. The van der Waals surface area contributed by atoms with Crippen LogP contribution < -0.4 is 5.32 Å². The molecular formula is C10H17N3. The van der Waals surface area contributed by atoms with Crippen LogP contribution in [-0.2, 0) is 0 Å². The maximum atomic E-state index is 8.39. The minimum absolute atomic E-state index is 0.639. The van der Waals surface area contributed by atoms with Crippen LogP contribution in [0.15, 0.2) is 0 Å². The first-order chi connectivity index (χ1) is 6.40. The molecule has 1 saturated heterocycles. The molecule has 72 valence electrons. The number of nitrogens with zero attached hydrogens (tertiary/aromatic N) is 2. The third-order valence-electron chi connectivity index (χ3n) is 2.95. The van der Waals surface area contributed by atoms with Crippen LogP contribution >= 0.6 is 0 Å². The molecule has 2 aliphatic rings. The molecule has 1 aliphatic heterocycles. The van der Waals surface area contributed by atoms with Crippen molar-refractivity contribution in [2.75, 3.05) is 19.6 Å². The third-order valence-corrected chi connectivity index (χ3v) is 2.95. The Morgan fingerprint density at radius 1 is 1.38 bits per heavy atom. The van der Waals surface area contributed by atoms with Gasteiger partial charge in [-0.05, 0) is 19.3 Å². The van der Waals surface area contributed by atoms with Crippen molar-refractivity contribution in [1.29, 1.82) is 5.26 Å². The first-order valence-corrected chi connectivity index (χ1v) is 5.24. The van der Waals surface area contributed by atoms with E-state index in [1.807, 2.05) is 0 Å². The van der Waals surface area contributed by atoms with Crippen molar-refractivity contribution >= 4 is 0 Å². The monoisotopic (exact) mass is 179 g/mol. The average Bonchev–Trinajstić information content (AvgIpc) is 2.88. The minimum Gasteiger partial charge on any atom is -0.312 e. The zero-order chi connectivity index (χ0) is 9.10. The lowest BCUT2D eigenvalue weighted by atomic mass is 10.2. The molecule has 0 bridgehead atoms. The zero-order valence-electron chi connectivity index (χ0n) is 8.00. The van der Waals surface area contributed by atoms with Gasteiger partial charge in [-0.15, -0.1) is 0 Å². The number of hydrogen-bond acceptors (Lipinski definition) is 3. The number of rotatable bonds is 4. The molecule has 0 aromatic rings. The topological polar surface area (TPSA) is 39.1 Å². The number of nitriles is 1. The Hall–Kier alpha value is -0.590. The maximum absolute atomic E-state index is 8.39. The summed E-state index contributed by atoms with van der Waals surface area (Å²) in [5.41, 5.74) is 0. The normalized spacial score (nSPS) is 29.0. The Balaban J connectivity index is 1.63. The van der Waals surface area contributed by atoms with Gasteiger partial charge >= 0.3 is 0 Å². The zero-order valence-corrected chi connectivity index (χ0v) is 8.00. The molecule has 1 unspecified atom stereocenters. The van der Waals surface area contributed by atoms with Gasteiger partial charge in [0.2, 0.25) is 0 Å². The van der Waals surface area contributed by atoms with Crippen molar-refractivity contribution in [3.05, 3.63) is 0 Å². The second-order valence-electron chi connectivity index (χ2n) is 4.07. The van der Waals surface area contributed by atoms with Crippen LogP contribution in [0.4, 0.5) is 0 Å². The van der Waals surface area contributed by atoms with Crippen LogP contribution in [0.1, 0.15) is 25.7 Å². The highest BCUT2D eigenvalue weighted by molar-refractivity contribution is 4.92. The summed E-state index contributed by atoms with van der Waals surface area (Å²) in [5.74, 6) is 0. The summed E-state index contributed by atoms with van der Waals surface area (Å²) < 4.78 is 0. The summed E-state index contributed by atoms with van der Waals surface area (Å²) in [6.07, 6.45) is 4.72. The van der Waals surface area contributed by atoms with Gasteiger partial charge in [0.1, 0.15) is 0 Å². The molecule has 0 amide bonds. The highest BCUT2D eigenvalue weighted by Crippen LogP contribution is 2.29. The fourth-order valence-electron chi connectivity index (χ4n) is 2.06. The number of likely N-dealkylation sites (tertiary alicyclic amines) is 1. The molecule has 1 heterocycles. The van der Waals surface area contributed by atoms with E-state index in [4.69, 9.17) is 5.26 Å². The van der Waals surface area contributed by atoms with Crippen molar-refractivity contribution in [3.8, 4) is 6.07 Å². The Labute approximate surface area is 79.7 Å². The van der Waals surface area contributed by atoms with Gasteiger partial charge in [-0.1, -0.05) is 0 Å². The lowest BCUT2D eigenvalue weighted by Gasteiger charge is -2.14. The molecule has 1 saturated carbocycles. The second kappa shape index (κ2) is 4.08. The van der Waals surface area contributed by atoms with Crippen molar-refractivity contribution in [2.45, 2.75) is 37.8 Å². The summed E-state index contributed by atoms with van der Waals surface area (Å²) in [7, 11) is 0. The third kappa shape index (κ3) is 2.43. The van der Waals surface area contributed by atoms with E-state index in [1.165, 1.54) is 32.4 Å². The van der Waals surface area contributed by atoms with E-state index in [9.17, 15) is 0 Å². The summed E-state index contributed by atoms with van der Waals surface area (Å²) in [4.78, 5) is 2.59. The van der Waals surface area contributed by atoms with Crippen LogP contribution in [0.25, 0.3) is 0 Å². The van der Waals surface area contributed by atoms with E-state index in [1.54, 1.807) is 0 Å².